The highest BCUT2D eigenvalue weighted by Gasteiger charge is 2.31. The van der Waals surface area contributed by atoms with Crippen molar-refractivity contribution in [2.75, 3.05) is 23.3 Å². The summed E-state index contributed by atoms with van der Waals surface area (Å²) >= 11 is 5.85. The van der Waals surface area contributed by atoms with E-state index in [0.29, 0.717) is 18.0 Å². The molecule has 148 valence electrons. The Kier molecular flexibility index (Phi) is 5.79. The van der Waals surface area contributed by atoms with Gasteiger partial charge in [0.15, 0.2) is 0 Å². The van der Waals surface area contributed by atoms with Gasteiger partial charge in [0.05, 0.1) is 5.56 Å². The van der Waals surface area contributed by atoms with Gasteiger partial charge in [-0.1, -0.05) is 11.6 Å². The minimum atomic E-state index is -4.42. The lowest BCUT2D eigenvalue weighted by molar-refractivity contribution is -0.137. The van der Waals surface area contributed by atoms with Crippen LogP contribution >= 0.6 is 11.6 Å². The fraction of sp³-hybridized carbons (Fsp3) is 0.263. The molecule has 0 bridgehead atoms. The zero-order valence-corrected chi connectivity index (χ0v) is 15.3. The number of carbonyl (C=O) groups is 2. The molecule has 1 aliphatic heterocycles. The lowest BCUT2D eigenvalue weighted by atomic mass is 10.1. The Morgan fingerprint density at radius 3 is 2.36 bits per heavy atom. The third kappa shape index (κ3) is 4.95. The van der Waals surface area contributed by atoms with E-state index in [1.54, 1.807) is 29.2 Å². The van der Waals surface area contributed by atoms with E-state index in [-0.39, 0.29) is 24.1 Å². The van der Waals surface area contributed by atoms with E-state index in [4.69, 9.17) is 11.6 Å². The van der Waals surface area contributed by atoms with Crippen LogP contribution in [-0.4, -0.2) is 25.0 Å². The Labute approximate surface area is 164 Å². The Morgan fingerprint density at radius 2 is 1.75 bits per heavy atom. The van der Waals surface area contributed by atoms with Crippen molar-refractivity contribution in [3.8, 4) is 0 Å². The monoisotopic (exact) mass is 411 g/mol. The number of carbonyl (C=O) groups excluding carboxylic acids is 2. The molecule has 0 aromatic heterocycles. The molecular weight excluding hydrogens is 395 g/mol. The predicted molar refractivity (Wildman–Crippen MR) is 100 cm³/mol. The van der Waals surface area contributed by atoms with Crippen LogP contribution in [0.15, 0.2) is 48.5 Å². The SMILES string of the molecule is O=C(NC[C@H]1CC(=O)N(c2ccc(Cl)cc2)C1)Nc1ccc(C(F)(F)F)cc1. The summed E-state index contributed by atoms with van der Waals surface area (Å²) in [6.07, 6.45) is -4.13. The number of nitrogens with zero attached hydrogens (tertiary/aromatic N) is 1. The van der Waals surface area contributed by atoms with Crippen molar-refractivity contribution in [1.82, 2.24) is 5.32 Å². The highest BCUT2D eigenvalue weighted by molar-refractivity contribution is 6.30. The first-order chi connectivity index (χ1) is 13.2. The Balaban J connectivity index is 1.50. The molecule has 2 aromatic carbocycles. The van der Waals surface area contributed by atoms with E-state index in [1.165, 1.54) is 12.1 Å². The number of amides is 3. The van der Waals surface area contributed by atoms with Crippen LogP contribution in [0.1, 0.15) is 12.0 Å². The van der Waals surface area contributed by atoms with E-state index >= 15 is 0 Å². The summed E-state index contributed by atoms with van der Waals surface area (Å²) in [4.78, 5) is 25.8. The van der Waals surface area contributed by atoms with Gasteiger partial charge in [-0.25, -0.2) is 4.79 Å². The second kappa shape index (κ2) is 8.10. The first-order valence-electron chi connectivity index (χ1n) is 8.50. The largest absolute Gasteiger partial charge is 0.416 e. The van der Waals surface area contributed by atoms with Crippen LogP contribution in [0.2, 0.25) is 5.02 Å². The normalized spacial score (nSPS) is 16.9. The third-order valence-electron chi connectivity index (χ3n) is 4.36. The average molecular weight is 412 g/mol. The zero-order valence-electron chi connectivity index (χ0n) is 14.6. The predicted octanol–water partition coefficient (Wildman–Crippen LogP) is 4.53. The van der Waals surface area contributed by atoms with Crippen LogP contribution in [0.4, 0.5) is 29.3 Å². The summed E-state index contributed by atoms with van der Waals surface area (Å²) in [5.74, 6) is -0.112. The van der Waals surface area contributed by atoms with Crippen molar-refractivity contribution in [2.45, 2.75) is 12.6 Å². The molecule has 1 aliphatic rings. The molecule has 0 spiro atoms. The number of halogens is 4. The average Bonchev–Trinajstić information content (AvgIpc) is 3.01. The fourth-order valence-electron chi connectivity index (χ4n) is 2.94. The molecule has 1 heterocycles. The minimum absolute atomic E-state index is 0.0442. The maximum Gasteiger partial charge on any atom is 0.416 e. The van der Waals surface area contributed by atoms with E-state index in [1.807, 2.05) is 0 Å². The van der Waals surface area contributed by atoms with Gasteiger partial charge in [-0.2, -0.15) is 13.2 Å². The summed E-state index contributed by atoms with van der Waals surface area (Å²) in [7, 11) is 0. The molecule has 5 nitrogen and oxygen atoms in total. The standard InChI is InChI=1S/C19H17ClF3N3O2/c20-14-3-7-16(8-4-14)26-11-12(9-17(26)27)10-24-18(28)25-15-5-1-13(2-6-15)19(21,22)23/h1-8,12H,9-11H2,(H2,24,25,28)/t12-/m1/s1. The fourth-order valence-corrected chi connectivity index (χ4v) is 3.07. The van der Waals surface area contributed by atoms with Crippen LogP contribution in [0.25, 0.3) is 0 Å². The molecule has 1 saturated heterocycles. The number of alkyl halides is 3. The molecular formula is C19H17ClF3N3O2. The second-order valence-corrected chi connectivity index (χ2v) is 6.90. The summed E-state index contributed by atoms with van der Waals surface area (Å²) in [6.45, 7) is 0.726. The molecule has 2 aromatic rings. The highest BCUT2D eigenvalue weighted by Crippen LogP contribution is 2.30. The van der Waals surface area contributed by atoms with E-state index in [9.17, 15) is 22.8 Å². The van der Waals surface area contributed by atoms with Crippen LogP contribution in [0, 0.1) is 5.92 Å². The van der Waals surface area contributed by atoms with Gasteiger partial charge in [0.25, 0.3) is 0 Å². The van der Waals surface area contributed by atoms with Gasteiger partial charge in [0.1, 0.15) is 0 Å². The van der Waals surface area contributed by atoms with Crippen LogP contribution in [-0.2, 0) is 11.0 Å². The van der Waals surface area contributed by atoms with Crippen molar-refractivity contribution in [3.05, 3.63) is 59.1 Å². The third-order valence-corrected chi connectivity index (χ3v) is 4.62. The number of hydrogen-bond donors (Lipinski definition) is 2. The Bertz CT molecular complexity index is 854. The molecule has 0 unspecified atom stereocenters. The van der Waals surface area contributed by atoms with Crippen LogP contribution in [0.5, 0.6) is 0 Å². The van der Waals surface area contributed by atoms with Crippen molar-refractivity contribution in [2.24, 2.45) is 5.92 Å². The lowest BCUT2D eigenvalue weighted by Crippen LogP contribution is -2.34. The summed E-state index contributed by atoms with van der Waals surface area (Å²) in [5.41, 5.74) is 0.201. The van der Waals surface area contributed by atoms with Gasteiger partial charge in [0.2, 0.25) is 5.91 Å². The second-order valence-electron chi connectivity index (χ2n) is 6.46. The number of nitrogens with one attached hydrogen (secondary N) is 2. The minimum Gasteiger partial charge on any atom is -0.338 e. The maximum atomic E-state index is 12.5. The van der Waals surface area contributed by atoms with Gasteiger partial charge in [-0.15, -0.1) is 0 Å². The molecule has 0 aliphatic carbocycles. The molecule has 2 N–H and O–H groups in total. The topological polar surface area (TPSA) is 61.4 Å². The first kappa shape index (κ1) is 20.0. The summed E-state index contributed by atoms with van der Waals surface area (Å²) in [5, 5.41) is 5.70. The summed E-state index contributed by atoms with van der Waals surface area (Å²) < 4.78 is 37.6. The van der Waals surface area contributed by atoms with Gasteiger partial charge in [-0.05, 0) is 48.5 Å². The zero-order chi connectivity index (χ0) is 20.3. The van der Waals surface area contributed by atoms with Crippen molar-refractivity contribution in [1.29, 1.82) is 0 Å². The van der Waals surface area contributed by atoms with Crippen molar-refractivity contribution >= 4 is 34.9 Å². The van der Waals surface area contributed by atoms with Gasteiger partial charge >= 0.3 is 12.2 Å². The van der Waals surface area contributed by atoms with Crippen LogP contribution < -0.4 is 15.5 Å². The molecule has 0 saturated carbocycles. The Morgan fingerprint density at radius 1 is 1.11 bits per heavy atom. The molecule has 28 heavy (non-hydrogen) atoms. The number of hydrogen-bond acceptors (Lipinski definition) is 2. The molecule has 3 rings (SSSR count). The number of urea groups is 1. The first-order valence-corrected chi connectivity index (χ1v) is 8.88. The van der Waals surface area contributed by atoms with E-state index in [0.717, 1.165) is 17.8 Å². The lowest BCUT2D eigenvalue weighted by Gasteiger charge is -2.17. The number of rotatable bonds is 4. The van der Waals surface area contributed by atoms with E-state index in [2.05, 4.69) is 10.6 Å². The van der Waals surface area contributed by atoms with Gasteiger partial charge in [0, 0.05) is 41.8 Å². The summed E-state index contributed by atoms with van der Waals surface area (Å²) in [6, 6.07) is 10.5. The molecule has 1 fully saturated rings. The highest BCUT2D eigenvalue weighted by atomic mass is 35.5. The number of benzene rings is 2. The molecule has 9 heteroatoms. The van der Waals surface area contributed by atoms with Crippen molar-refractivity contribution < 1.29 is 22.8 Å². The van der Waals surface area contributed by atoms with Crippen LogP contribution in [0.3, 0.4) is 0 Å². The quantitative estimate of drug-likeness (QED) is 0.776. The maximum absolute atomic E-state index is 12.5. The van der Waals surface area contributed by atoms with E-state index < -0.39 is 17.8 Å². The molecule has 1 atom stereocenters. The smallest absolute Gasteiger partial charge is 0.338 e. The van der Waals surface area contributed by atoms with Gasteiger partial charge in [-0.3, -0.25) is 4.79 Å². The molecule has 3 amide bonds. The van der Waals surface area contributed by atoms with Crippen molar-refractivity contribution in [3.63, 3.8) is 0 Å². The Hall–Kier alpha value is -2.74. The molecule has 0 radical (unpaired) electrons. The number of anilines is 2. The van der Waals surface area contributed by atoms with Gasteiger partial charge < -0.3 is 15.5 Å².